The molecule has 0 aromatic carbocycles. The molecule has 0 bridgehead atoms. The van der Waals surface area contributed by atoms with Crippen molar-refractivity contribution in [3.05, 3.63) is 0 Å². The van der Waals surface area contributed by atoms with Gasteiger partial charge in [0.1, 0.15) is 0 Å². The van der Waals surface area contributed by atoms with Gasteiger partial charge < -0.3 is 25.3 Å². The fourth-order valence-corrected chi connectivity index (χ4v) is 0. The predicted molar refractivity (Wildman–Crippen MR) is 48.8 cm³/mol. The van der Waals surface area contributed by atoms with Crippen LogP contribution in [0.3, 0.4) is 0 Å². The Morgan fingerprint density at radius 2 is 1.29 bits per heavy atom. The normalized spacial score (nSPS) is 9.64. The maximum atomic E-state index is 9.10. The van der Waals surface area contributed by atoms with E-state index < -0.39 is 19.3 Å². The van der Waals surface area contributed by atoms with Crippen molar-refractivity contribution >= 4 is 48.6 Å². The molecular formula is C4H9BClLiO7. The monoisotopic (exact) mass is 222 g/mol. The number of carboxylic acids is 2. The Kier molecular flexibility index (Phi) is 17.7. The summed E-state index contributed by atoms with van der Waals surface area (Å²) in [5.74, 6) is -3.65. The van der Waals surface area contributed by atoms with Crippen molar-refractivity contribution in [1.29, 1.82) is 0 Å². The van der Waals surface area contributed by atoms with Crippen LogP contribution in [0.25, 0.3) is 0 Å². The molecular weight excluding hydrogens is 213 g/mol. The molecule has 1 atom stereocenters. The molecule has 0 fully saturated rings. The van der Waals surface area contributed by atoms with Crippen molar-refractivity contribution < 1.29 is 34.9 Å². The van der Waals surface area contributed by atoms with Crippen LogP contribution in [0, 0.1) is 0 Å². The van der Waals surface area contributed by atoms with Crippen molar-refractivity contribution in [2.24, 2.45) is 0 Å². The molecule has 1 unspecified atom stereocenters. The molecule has 0 radical (unpaired) electrons. The number of carbonyl (C=O) groups is 2. The van der Waals surface area contributed by atoms with Crippen LogP contribution in [0.4, 0.5) is 0 Å². The van der Waals surface area contributed by atoms with Gasteiger partial charge in [0.05, 0.1) is 0 Å². The number of halogens is 1. The van der Waals surface area contributed by atoms with Gasteiger partial charge in [0.15, 0.2) is 0 Å². The summed E-state index contributed by atoms with van der Waals surface area (Å²) < 4.78 is 0.306. The first-order valence-electron chi connectivity index (χ1n) is 3.25. The molecule has 0 saturated carbocycles. The Hall–Kier alpha value is -0.228. The zero-order valence-corrected chi connectivity index (χ0v) is 8.34. The molecule has 0 aliphatic heterocycles. The number of hydrogen-bond donors (Lipinski definition) is 5. The number of alkyl halides is 1. The molecule has 14 heavy (non-hydrogen) atoms. The van der Waals surface area contributed by atoms with Gasteiger partial charge in [-0.15, -0.1) is 0 Å². The first kappa shape index (κ1) is 19.4. The fourth-order valence-electron chi connectivity index (χ4n) is 0. The molecule has 0 aromatic heterocycles. The third-order valence-corrected chi connectivity index (χ3v) is 0.183. The van der Waals surface area contributed by atoms with Crippen LogP contribution in [0.5, 0.6) is 0 Å². The summed E-state index contributed by atoms with van der Waals surface area (Å²) in [5.41, 5.74) is 0. The van der Waals surface area contributed by atoms with E-state index in [4.69, 9.17) is 46.5 Å². The standard InChI is InChI=1S/C2H4Cl.C2H2O4.BH3O3.Li/c1-2-3;3-1(4)2(5)6;2-1(3)4;/h2H,1H3;(H,3,4)(H,5,6);2-4H;. The third-order valence-electron chi connectivity index (χ3n) is 0.183. The van der Waals surface area contributed by atoms with Gasteiger partial charge >= 0.3 is 59.5 Å². The Bertz CT molecular complexity index is 140. The molecule has 0 aliphatic rings. The molecule has 0 spiro atoms. The molecule has 0 saturated heterocycles. The Labute approximate surface area is 94.7 Å². The van der Waals surface area contributed by atoms with E-state index in [0.29, 0.717) is 4.05 Å². The van der Waals surface area contributed by atoms with E-state index in [9.17, 15) is 0 Å². The summed E-state index contributed by atoms with van der Waals surface area (Å²) in [4.78, 5) is 18.2. The summed E-state index contributed by atoms with van der Waals surface area (Å²) in [7, 11) is -2.17. The molecule has 0 aliphatic carbocycles. The van der Waals surface area contributed by atoms with Gasteiger partial charge in [-0.05, 0) is 0 Å². The molecule has 0 amide bonds. The minimum absolute atomic E-state index is 0.306. The molecule has 0 rings (SSSR count). The fraction of sp³-hybridized carbons (Fsp3) is 0.500. The van der Waals surface area contributed by atoms with E-state index in [-0.39, 0.29) is 0 Å². The van der Waals surface area contributed by atoms with Gasteiger partial charge in [-0.3, -0.25) is 0 Å². The van der Waals surface area contributed by atoms with E-state index in [1.165, 1.54) is 0 Å². The van der Waals surface area contributed by atoms with E-state index in [1.807, 2.05) is 24.6 Å². The zero-order chi connectivity index (χ0) is 12.3. The average molecular weight is 222 g/mol. The van der Waals surface area contributed by atoms with E-state index in [0.717, 1.165) is 0 Å². The van der Waals surface area contributed by atoms with Crippen molar-refractivity contribution in [2.75, 3.05) is 0 Å². The van der Waals surface area contributed by atoms with Gasteiger partial charge in [0.25, 0.3) is 0 Å². The molecule has 0 heterocycles. The van der Waals surface area contributed by atoms with Gasteiger partial charge in [0.2, 0.25) is 0 Å². The Morgan fingerprint density at radius 1 is 1.21 bits per heavy atom. The predicted octanol–water partition coefficient (Wildman–Crippen LogP) is -2.16. The van der Waals surface area contributed by atoms with E-state index >= 15 is 0 Å². The van der Waals surface area contributed by atoms with Crippen molar-refractivity contribution in [3.8, 4) is 0 Å². The third kappa shape index (κ3) is 96.0. The summed E-state index contributed by atoms with van der Waals surface area (Å²) >= 11 is 7.21. The van der Waals surface area contributed by atoms with Crippen LogP contribution in [-0.4, -0.2) is 66.3 Å². The summed E-state index contributed by atoms with van der Waals surface area (Å²) in [6.45, 7) is 1.93. The van der Waals surface area contributed by atoms with Crippen LogP contribution < -0.4 is 0 Å². The second-order valence-electron chi connectivity index (χ2n) is 1.97. The molecule has 78 valence electrons. The second-order valence-corrected chi connectivity index (χ2v) is 2.84. The van der Waals surface area contributed by atoms with Crippen LogP contribution >= 0.6 is 11.6 Å². The minimum atomic E-state index is -2.17. The topological polar surface area (TPSA) is 135 Å². The SMILES string of the molecule is O=C(O)C(=O)O.OB(O)O.[Li][CH](C)Cl. The van der Waals surface area contributed by atoms with Crippen LogP contribution in [0.1, 0.15) is 6.92 Å². The summed E-state index contributed by atoms with van der Waals surface area (Å²) in [5, 5.41) is 36.3. The number of rotatable bonds is 0. The summed E-state index contributed by atoms with van der Waals surface area (Å²) in [6.07, 6.45) is 0. The number of aliphatic carboxylic acids is 2. The number of hydrogen-bond acceptors (Lipinski definition) is 5. The summed E-state index contributed by atoms with van der Waals surface area (Å²) in [6, 6.07) is 0. The number of carboxylic acid groups (broad SMARTS) is 2. The van der Waals surface area contributed by atoms with Crippen LogP contribution in [-0.2, 0) is 9.59 Å². The van der Waals surface area contributed by atoms with Crippen LogP contribution in [0.2, 0.25) is 0 Å². The zero-order valence-electron chi connectivity index (χ0n) is 7.59. The van der Waals surface area contributed by atoms with Crippen molar-refractivity contribution in [1.82, 2.24) is 0 Å². The average Bonchev–Trinajstić information content (AvgIpc) is 1.83. The van der Waals surface area contributed by atoms with Crippen molar-refractivity contribution in [3.63, 3.8) is 0 Å². The second kappa shape index (κ2) is 12.8. The van der Waals surface area contributed by atoms with Gasteiger partial charge in [-0.1, -0.05) is 0 Å². The Balaban J connectivity index is -0.000000135. The first-order chi connectivity index (χ1) is 6.11. The molecule has 0 aromatic rings. The Morgan fingerprint density at radius 3 is 1.29 bits per heavy atom. The van der Waals surface area contributed by atoms with E-state index in [2.05, 4.69) is 0 Å². The molecule has 7 nitrogen and oxygen atoms in total. The quantitative estimate of drug-likeness (QED) is 0.179. The first-order valence-corrected chi connectivity index (χ1v) is 3.69. The molecule has 10 heteroatoms. The molecule has 5 N–H and O–H groups in total. The van der Waals surface area contributed by atoms with Gasteiger partial charge in [-0.25, -0.2) is 9.59 Å². The van der Waals surface area contributed by atoms with Crippen molar-refractivity contribution in [2.45, 2.75) is 11.0 Å². The van der Waals surface area contributed by atoms with Gasteiger partial charge in [0, 0.05) is 0 Å². The van der Waals surface area contributed by atoms with Gasteiger partial charge in [-0.2, -0.15) is 0 Å². The van der Waals surface area contributed by atoms with Crippen LogP contribution in [0.15, 0.2) is 0 Å². The van der Waals surface area contributed by atoms with E-state index in [1.54, 1.807) is 0 Å². The maximum absolute atomic E-state index is 9.10.